The number of nitrogens with one attached hydrogen (secondary N) is 2. The van der Waals surface area contributed by atoms with Gasteiger partial charge in [0.25, 0.3) is 5.91 Å². The quantitative estimate of drug-likeness (QED) is 0.558. The maximum Gasteiger partial charge on any atom is 0.340 e. The van der Waals surface area contributed by atoms with Gasteiger partial charge in [-0.2, -0.15) is 0 Å². The van der Waals surface area contributed by atoms with Gasteiger partial charge >= 0.3 is 5.97 Å². The third-order valence-corrected chi connectivity index (χ3v) is 5.18. The zero-order chi connectivity index (χ0) is 20.6. The minimum absolute atomic E-state index is 0.0187. The Morgan fingerprint density at radius 2 is 1.93 bits per heavy atom. The van der Waals surface area contributed by atoms with E-state index in [1.54, 1.807) is 0 Å². The zero-order valence-corrected chi connectivity index (χ0v) is 16.8. The summed E-state index contributed by atoms with van der Waals surface area (Å²) < 4.78 is 30.6. The predicted molar refractivity (Wildman–Crippen MR) is 98.9 cm³/mol. The summed E-state index contributed by atoms with van der Waals surface area (Å²) in [7, 11) is -1.15. The molecular formula is C16H22ClN3O6S. The molecule has 27 heavy (non-hydrogen) atoms. The Morgan fingerprint density at radius 1 is 1.26 bits per heavy atom. The molecule has 1 aromatic carbocycles. The number of esters is 1. The Kier molecular flexibility index (Phi) is 8.67. The lowest BCUT2D eigenvalue weighted by Crippen LogP contribution is -2.40. The first-order valence-electron chi connectivity index (χ1n) is 8.03. The van der Waals surface area contributed by atoms with E-state index < -0.39 is 28.5 Å². The number of ether oxygens (including phenoxy) is 1. The van der Waals surface area contributed by atoms with E-state index in [0.717, 1.165) is 17.4 Å². The van der Waals surface area contributed by atoms with Crippen LogP contribution in [0.5, 0.6) is 0 Å². The molecule has 2 N–H and O–H groups in total. The van der Waals surface area contributed by atoms with E-state index in [-0.39, 0.29) is 27.9 Å². The second-order valence-corrected chi connectivity index (χ2v) is 7.82. The third kappa shape index (κ3) is 6.81. The molecule has 0 saturated carbocycles. The van der Waals surface area contributed by atoms with Crippen LogP contribution in [0.1, 0.15) is 23.7 Å². The van der Waals surface area contributed by atoms with Crippen LogP contribution in [-0.2, 0) is 24.3 Å². The molecule has 2 amide bonds. The Bertz CT molecular complexity index is 812. The van der Waals surface area contributed by atoms with Gasteiger partial charge in [0, 0.05) is 13.6 Å². The minimum atomic E-state index is -3.77. The molecule has 1 rings (SSSR count). The van der Waals surface area contributed by atoms with E-state index >= 15 is 0 Å². The van der Waals surface area contributed by atoms with Gasteiger partial charge in [-0.25, -0.2) is 17.9 Å². The molecular weight excluding hydrogens is 398 g/mol. The standard InChI is InChI=1S/C16H22ClN3O6S/c1-4-7-19-14(21)9-20(3)15(22)10-26-16(23)12-8-11(5-6-13(12)17)27(24,25)18-2/h5-6,8,18H,4,7,9-10H2,1-3H3,(H,19,21). The summed E-state index contributed by atoms with van der Waals surface area (Å²) in [5, 5.41) is 2.60. The molecule has 0 atom stereocenters. The van der Waals surface area contributed by atoms with Crippen LogP contribution in [0.15, 0.2) is 23.1 Å². The molecule has 0 fully saturated rings. The summed E-state index contributed by atoms with van der Waals surface area (Å²) >= 11 is 5.92. The van der Waals surface area contributed by atoms with Crippen molar-refractivity contribution in [2.45, 2.75) is 18.2 Å². The lowest BCUT2D eigenvalue weighted by Gasteiger charge is -2.16. The summed E-state index contributed by atoms with van der Waals surface area (Å²) in [6, 6.07) is 3.54. The number of likely N-dealkylation sites (N-methyl/N-ethyl adjacent to an activating group) is 1. The second kappa shape index (κ2) is 10.2. The molecule has 0 spiro atoms. The molecule has 0 bridgehead atoms. The fraction of sp³-hybridized carbons (Fsp3) is 0.438. The van der Waals surface area contributed by atoms with Crippen molar-refractivity contribution in [3.63, 3.8) is 0 Å². The van der Waals surface area contributed by atoms with Crippen molar-refractivity contribution in [2.24, 2.45) is 0 Å². The van der Waals surface area contributed by atoms with E-state index in [2.05, 4.69) is 10.0 Å². The number of hydrogen-bond acceptors (Lipinski definition) is 6. The van der Waals surface area contributed by atoms with Crippen LogP contribution in [0, 0.1) is 0 Å². The molecule has 150 valence electrons. The predicted octanol–water partition coefficient (Wildman–Crippen LogP) is 0.390. The summed E-state index contributed by atoms with van der Waals surface area (Å²) in [4.78, 5) is 36.7. The van der Waals surface area contributed by atoms with Crippen molar-refractivity contribution in [3.8, 4) is 0 Å². The van der Waals surface area contributed by atoms with Crippen LogP contribution in [0.3, 0.4) is 0 Å². The molecule has 9 nitrogen and oxygen atoms in total. The average Bonchev–Trinajstić information content (AvgIpc) is 2.64. The Morgan fingerprint density at radius 3 is 2.52 bits per heavy atom. The second-order valence-electron chi connectivity index (χ2n) is 5.53. The van der Waals surface area contributed by atoms with Crippen molar-refractivity contribution in [3.05, 3.63) is 28.8 Å². The van der Waals surface area contributed by atoms with Gasteiger partial charge in [0.15, 0.2) is 6.61 Å². The molecule has 0 aliphatic heterocycles. The van der Waals surface area contributed by atoms with Gasteiger partial charge in [0.05, 0.1) is 22.0 Å². The highest BCUT2D eigenvalue weighted by atomic mass is 35.5. The normalized spacial score (nSPS) is 11.0. The number of halogens is 1. The van der Waals surface area contributed by atoms with Gasteiger partial charge in [-0.1, -0.05) is 18.5 Å². The fourth-order valence-electron chi connectivity index (χ4n) is 1.88. The summed E-state index contributed by atoms with van der Waals surface area (Å²) in [6.07, 6.45) is 0.768. The number of amides is 2. The van der Waals surface area contributed by atoms with E-state index in [1.165, 1.54) is 26.2 Å². The van der Waals surface area contributed by atoms with Crippen molar-refractivity contribution in [1.82, 2.24) is 14.9 Å². The Hall–Kier alpha value is -2.17. The maximum absolute atomic E-state index is 12.2. The number of carbonyl (C=O) groups is 3. The van der Waals surface area contributed by atoms with Crippen LogP contribution in [0.4, 0.5) is 0 Å². The van der Waals surface area contributed by atoms with Crippen LogP contribution < -0.4 is 10.0 Å². The van der Waals surface area contributed by atoms with Gasteiger partial charge < -0.3 is 15.0 Å². The van der Waals surface area contributed by atoms with Gasteiger partial charge in [0.1, 0.15) is 0 Å². The highest BCUT2D eigenvalue weighted by Gasteiger charge is 2.20. The number of benzene rings is 1. The van der Waals surface area contributed by atoms with Gasteiger partial charge in [-0.05, 0) is 31.7 Å². The highest BCUT2D eigenvalue weighted by Crippen LogP contribution is 2.21. The van der Waals surface area contributed by atoms with Crippen LogP contribution >= 0.6 is 11.6 Å². The molecule has 11 heteroatoms. The zero-order valence-electron chi connectivity index (χ0n) is 15.2. The van der Waals surface area contributed by atoms with Crippen LogP contribution in [-0.4, -0.2) is 64.9 Å². The molecule has 0 radical (unpaired) electrons. The first kappa shape index (κ1) is 22.9. The molecule has 0 unspecified atom stereocenters. The molecule has 0 heterocycles. The van der Waals surface area contributed by atoms with E-state index in [4.69, 9.17) is 16.3 Å². The van der Waals surface area contributed by atoms with E-state index in [0.29, 0.717) is 6.54 Å². The number of sulfonamides is 1. The van der Waals surface area contributed by atoms with E-state index in [1.807, 2.05) is 6.92 Å². The molecule has 0 aliphatic rings. The van der Waals surface area contributed by atoms with Crippen molar-refractivity contribution in [1.29, 1.82) is 0 Å². The minimum Gasteiger partial charge on any atom is -0.452 e. The van der Waals surface area contributed by atoms with Gasteiger partial charge in [-0.3, -0.25) is 9.59 Å². The topological polar surface area (TPSA) is 122 Å². The molecule has 0 aliphatic carbocycles. The van der Waals surface area contributed by atoms with Crippen LogP contribution in [0.2, 0.25) is 5.02 Å². The first-order chi connectivity index (χ1) is 12.6. The van der Waals surface area contributed by atoms with Crippen LogP contribution in [0.25, 0.3) is 0 Å². The largest absolute Gasteiger partial charge is 0.452 e. The third-order valence-electron chi connectivity index (χ3n) is 3.44. The molecule has 0 saturated heterocycles. The van der Waals surface area contributed by atoms with E-state index in [9.17, 15) is 22.8 Å². The summed E-state index contributed by atoms with van der Waals surface area (Å²) in [5.74, 6) is -1.87. The number of nitrogens with zero attached hydrogens (tertiary/aromatic N) is 1. The highest BCUT2D eigenvalue weighted by molar-refractivity contribution is 7.89. The maximum atomic E-state index is 12.2. The van der Waals surface area contributed by atoms with Gasteiger partial charge in [-0.15, -0.1) is 0 Å². The van der Waals surface area contributed by atoms with Crippen molar-refractivity contribution < 1.29 is 27.5 Å². The van der Waals surface area contributed by atoms with Gasteiger partial charge in [0.2, 0.25) is 15.9 Å². The molecule has 1 aromatic rings. The first-order valence-corrected chi connectivity index (χ1v) is 9.89. The lowest BCUT2D eigenvalue weighted by molar-refractivity contribution is -0.137. The smallest absolute Gasteiger partial charge is 0.340 e. The van der Waals surface area contributed by atoms with Crippen molar-refractivity contribution in [2.75, 3.05) is 33.8 Å². The van der Waals surface area contributed by atoms with Crippen molar-refractivity contribution >= 4 is 39.4 Å². The number of hydrogen-bond donors (Lipinski definition) is 2. The average molecular weight is 420 g/mol. The Labute approximate surface area is 163 Å². The monoisotopic (exact) mass is 419 g/mol. The fourth-order valence-corrected chi connectivity index (χ4v) is 2.84. The summed E-state index contributed by atoms with van der Waals surface area (Å²) in [5.41, 5.74) is -0.191. The SMILES string of the molecule is CCCNC(=O)CN(C)C(=O)COC(=O)c1cc(S(=O)(=O)NC)ccc1Cl. The lowest BCUT2D eigenvalue weighted by atomic mass is 10.2. The molecule has 0 aromatic heterocycles. The number of rotatable bonds is 9. The summed E-state index contributed by atoms with van der Waals surface area (Å²) in [6.45, 7) is 1.61. The Balaban J connectivity index is 2.73. The number of carbonyl (C=O) groups excluding carboxylic acids is 3.